The fourth-order valence-corrected chi connectivity index (χ4v) is 5.64. The Hall–Kier alpha value is -4.94. The monoisotopic (exact) mass is 566 g/mol. The van der Waals surface area contributed by atoms with Gasteiger partial charge in [0, 0.05) is 42.2 Å². The summed E-state index contributed by atoms with van der Waals surface area (Å²) >= 11 is 1.45. The minimum absolute atomic E-state index is 0.283. The number of hydrogen-bond donors (Lipinski definition) is 3. The van der Waals surface area contributed by atoms with Crippen molar-refractivity contribution in [1.82, 2.24) is 9.97 Å². The Morgan fingerprint density at radius 3 is 2.56 bits per heavy atom. The molecule has 2 aromatic carbocycles. The molecule has 2 aromatic heterocycles. The smallest absolute Gasteiger partial charge is 0.291 e. The number of morpholine rings is 1. The van der Waals surface area contributed by atoms with E-state index in [1.807, 2.05) is 66.7 Å². The van der Waals surface area contributed by atoms with Crippen molar-refractivity contribution in [3.05, 3.63) is 95.9 Å². The van der Waals surface area contributed by atoms with Crippen molar-refractivity contribution in [1.29, 1.82) is 5.41 Å². The van der Waals surface area contributed by atoms with E-state index in [-0.39, 0.29) is 11.9 Å². The average molecular weight is 567 g/mol. The third-order valence-electron chi connectivity index (χ3n) is 6.48. The van der Waals surface area contributed by atoms with Crippen LogP contribution < -0.4 is 16.0 Å². The first-order valence-electron chi connectivity index (χ1n) is 12.9. The number of fused-ring (bicyclic) bond motifs is 1. The Morgan fingerprint density at radius 1 is 1.05 bits per heavy atom. The van der Waals surface area contributed by atoms with Crippen LogP contribution in [-0.2, 0) is 14.3 Å². The van der Waals surface area contributed by atoms with Gasteiger partial charge in [-0.05, 0) is 18.2 Å². The Balaban J connectivity index is 1.31. The molecule has 1 saturated heterocycles. The number of para-hydroxylation sites is 1. The summed E-state index contributed by atoms with van der Waals surface area (Å²) in [6.45, 7) is 2.45. The fraction of sp³-hybridized carbons (Fsp3) is 0.172. The topological polar surface area (TPSA) is 151 Å². The zero-order valence-corrected chi connectivity index (χ0v) is 22.7. The Bertz CT molecular complexity index is 1630. The number of thiazole rings is 1. The second-order valence-corrected chi connectivity index (χ2v) is 10.1. The molecule has 0 bridgehead atoms. The average Bonchev–Trinajstić information content (AvgIpc) is 3.41. The molecule has 0 radical (unpaired) electrons. The van der Waals surface area contributed by atoms with Crippen LogP contribution in [0.2, 0.25) is 0 Å². The van der Waals surface area contributed by atoms with Crippen LogP contribution >= 0.6 is 11.3 Å². The molecule has 4 aromatic rings. The van der Waals surface area contributed by atoms with Gasteiger partial charge in [-0.1, -0.05) is 59.9 Å². The zero-order chi connectivity index (χ0) is 28.2. The van der Waals surface area contributed by atoms with Gasteiger partial charge in [0.25, 0.3) is 11.9 Å². The molecule has 0 aliphatic carbocycles. The van der Waals surface area contributed by atoms with Crippen molar-refractivity contribution in [2.75, 3.05) is 36.5 Å². The van der Waals surface area contributed by atoms with Crippen LogP contribution in [0.3, 0.4) is 0 Å². The van der Waals surface area contributed by atoms with Gasteiger partial charge in [-0.3, -0.25) is 15.2 Å². The maximum atomic E-state index is 13.1. The molecule has 0 spiro atoms. The molecule has 41 heavy (non-hydrogen) atoms. The lowest BCUT2D eigenvalue weighted by atomic mass is 10.0. The zero-order valence-electron chi connectivity index (χ0n) is 21.9. The van der Waals surface area contributed by atoms with E-state index in [0.29, 0.717) is 48.4 Å². The number of nitrogens with one attached hydrogen (secondary N) is 2. The van der Waals surface area contributed by atoms with E-state index in [2.05, 4.69) is 25.2 Å². The SMILES string of the molecule is N=C(OC(N)=NC1N=C(c2ccccc2)c2ccccc2NC1=O)c1nc(-c2ccncc2)sc1N1CCOCC1. The van der Waals surface area contributed by atoms with Gasteiger partial charge in [0.15, 0.2) is 5.69 Å². The van der Waals surface area contributed by atoms with Crippen LogP contribution in [0, 0.1) is 5.41 Å². The number of aromatic nitrogens is 2. The number of amidine groups is 1. The quantitative estimate of drug-likeness (QED) is 0.247. The maximum absolute atomic E-state index is 13.1. The van der Waals surface area contributed by atoms with Crippen molar-refractivity contribution < 1.29 is 14.3 Å². The first-order chi connectivity index (χ1) is 20.1. The van der Waals surface area contributed by atoms with Crippen molar-refractivity contribution in [2.24, 2.45) is 15.7 Å². The summed E-state index contributed by atoms with van der Waals surface area (Å²) in [4.78, 5) is 33.0. The molecule has 1 fully saturated rings. The normalized spacial score (nSPS) is 17.2. The molecule has 1 atom stereocenters. The van der Waals surface area contributed by atoms with E-state index < -0.39 is 12.1 Å². The van der Waals surface area contributed by atoms with Crippen molar-refractivity contribution in [3.8, 4) is 10.6 Å². The predicted octanol–water partition coefficient (Wildman–Crippen LogP) is 3.51. The number of carbonyl (C=O) groups excluding carboxylic acids is 1. The summed E-state index contributed by atoms with van der Waals surface area (Å²) in [5, 5.41) is 13.1. The molecule has 4 heterocycles. The van der Waals surface area contributed by atoms with E-state index in [1.165, 1.54) is 11.3 Å². The van der Waals surface area contributed by atoms with E-state index in [1.54, 1.807) is 12.4 Å². The molecule has 206 valence electrons. The third-order valence-corrected chi connectivity index (χ3v) is 7.64. The number of nitrogens with two attached hydrogens (primary N) is 1. The fourth-order valence-electron chi connectivity index (χ4n) is 4.52. The first-order valence-corrected chi connectivity index (χ1v) is 13.8. The summed E-state index contributed by atoms with van der Waals surface area (Å²) < 4.78 is 11.2. The number of anilines is 2. The standard InChI is InChI=1S/C29H26N8O3S/c30-24(23-28(37-14-16-39-17-15-37)41-27(35-23)19-10-12-32-13-11-19)40-29(31)36-25-26(38)33-21-9-5-4-8-20(21)22(34-25)18-6-2-1-3-7-18/h1-13,25,30H,14-17H2,(H2,31,36)(H,33,38). The molecule has 4 N–H and O–H groups in total. The largest absolute Gasteiger partial charge is 0.405 e. The second-order valence-electron chi connectivity index (χ2n) is 9.16. The van der Waals surface area contributed by atoms with E-state index in [9.17, 15) is 4.79 Å². The number of hydrogen-bond acceptors (Lipinski definition) is 10. The van der Waals surface area contributed by atoms with Crippen LogP contribution in [0.5, 0.6) is 0 Å². The Labute approximate surface area is 239 Å². The van der Waals surface area contributed by atoms with E-state index in [4.69, 9.17) is 25.6 Å². The molecule has 11 nitrogen and oxygen atoms in total. The van der Waals surface area contributed by atoms with Gasteiger partial charge in [0.05, 0.1) is 24.6 Å². The van der Waals surface area contributed by atoms with Gasteiger partial charge in [-0.25, -0.2) is 9.98 Å². The van der Waals surface area contributed by atoms with Crippen molar-refractivity contribution in [2.45, 2.75) is 6.17 Å². The number of rotatable bonds is 5. The van der Waals surface area contributed by atoms with Crippen LogP contribution in [0.4, 0.5) is 10.7 Å². The number of amides is 1. The van der Waals surface area contributed by atoms with Gasteiger partial charge < -0.3 is 25.4 Å². The van der Waals surface area contributed by atoms with E-state index >= 15 is 0 Å². The lowest BCUT2D eigenvalue weighted by Crippen LogP contribution is -2.37. The van der Waals surface area contributed by atoms with Gasteiger partial charge in [0.2, 0.25) is 12.1 Å². The molecular formula is C29H26N8O3S. The minimum atomic E-state index is -1.23. The van der Waals surface area contributed by atoms with Gasteiger partial charge in [-0.2, -0.15) is 4.99 Å². The number of aliphatic imine (C=N–C) groups is 2. The highest BCUT2D eigenvalue weighted by Gasteiger charge is 2.28. The van der Waals surface area contributed by atoms with Crippen LogP contribution in [0.1, 0.15) is 16.8 Å². The molecule has 1 unspecified atom stereocenters. The Morgan fingerprint density at radius 2 is 1.78 bits per heavy atom. The van der Waals surface area contributed by atoms with Crippen molar-refractivity contribution in [3.63, 3.8) is 0 Å². The first kappa shape index (κ1) is 26.3. The molecule has 2 aliphatic heterocycles. The highest BCUT2D eigenvalue weighted by Crippen LogP contribution is 2.35. The number of carbonyl (C=O) groups is 1. The maximum Gasteiger partial charge on any atom is 0.291 e. The molecule has 2 aliphatic rings. The van der Waals surface area contributed by atoms with Gasteiger partial charge in [-0.15, -0.1) is 0 Å². The summed E-state index contributed by atoms with van der Waals surface area (Å²) in [5.41, 5.74) is 10.2. The summed E-state index contributed by atoms with van der Waals surface area (Å²) in [6, 6.07) is 20.3. The highest BCUT2D eigenvalue weighted by molar-refractivity contribution is 7.19. The molecule has 6 rings (SSSR count). The van der Waals surface area contributed by atoms with Crippen LogP contribution in [-0.4, -0.2) is 66.0 Å². The number of pyridine rings is 1. The number of benzene rings is 2. The van der Waals surface area contributed by atoms with Crippen LogP contribution in [0.25, 0.3) is 10.6 Å². The summed E-state index contributed by atoms with van der Waals surface area (Å²) in [5.74, 6) is -0.752. The van der Waals surface area contributed by atoms with E-state index in [0.717, 1.165) is 21.7 Å². The molecule has 12 heteroatoms. The number of ether oxygens (including phenoxy) is 2. The molecule has 0 saturated carbocycles. The summed E-state index contributed by atoms with van der Waals surface area (Å²) in [6.07, 6.45) is 2.15. The molecule has 1 amide bonds. The minimum Gasteiger partial charge on any atom is -0.405 e. The van der Waals surface area contributed by atoms with Crippen molar-refractivity contribution >= 4 is 45.6 Å². The van der Waals surface area contributed by atoms with Gasteiger partial charge >= 0.3 is 0 Å². The second kappa shape index (κ2) is 11.7. The highest BCUT2D eigenvalue weighted by atomic mass is 32.1. The Kier molecular flexibility index (Phi) is 7.48. The number of benzodiazepines with no additional fused rings is 1. The van der Waals surface area contributed by atoms with Gasteiger partial charge in [0.1, 0.15) is 10.0 Å². The predicted molar refractivity (Wildman–Crippen MR) is 159 cm³/mol. The third kappa shape index (κ3) is 5.69. The summed E-state index contributed by atoms with van der Waals surface area (Å²) in [7, 11) is 0. The molecular weight excluding hydrogens is 540 g/mol. The lowest BCUT2D eigenvalue weighted by molar-refractivity contribution is -0.117. The lowest BCUT2D eigenvalue weighted by Gasteiger charge is -2.27. The van der Waals surface area contributed by atoms with Crippen LogP contribution in [0.15, 0.2) is 89.1 Å². The number of nitrogens with zero attached hydrogens (tertiary/aromatic N) is 5.